The fourth-order valence-corrected chi connectivity index (χ4v) is 5.02. The van der Waals surface area contributed by atoms with Crippen molar-refractivity contribution in [2.75, 3.05) is 0 Å². The Morgan fingerprint density at radius 2 is 0.879 bits per heavy atom. The molecule has 0 amide bonds. The summed E-state index contributed by atoms with van der Waals surface area (Å²) in [5, 5.41) is 0. The van der Waals surface area contributed by atoms with Gasteiger partial charge in [-0.15, -0.1) is 0 Å². The van der Waals surface area contributed by atoms with Crippen molar-refractivity contribution in [1.82, 2.24) is 6.15 Å². The molecule has 0 aromatic rings. The van der Waals surface area contributed by atoms with Crippen LogP contribution in [0, 0.1) is 5.41 Å². The molecule has 0 bridgehead atoms. The van der Waals surface area contributed by atoms with Crippen LogP contribution in [0.5, 0.6) is 0 Å². The van der Waals surface area contributed by atoms with Gasteiger partial charge in [0.15, 0.2) is 0 Å². The second kappa shape index (κ2) is 22.3. The van der Waals surface area contributed by atoms with E-state index in [-0.39, 0.29) is 11.6 Å². The topological polar surface area (TPSA) is 103 Å². The molecular formula is C27H59NO4S. The van der Waals surface area contributed by atoms with Gasteiger partial charge in [0.05, 0.1) is 6.10 Å². The van der Waals surface area contributed by atoms with E-state index < -0.39 is 16.5 Å². The summed E-state index contributed by atoms with van der Waals surface area (Å²) >= 11 is 0. The molecule has 0 spiro atoms. The number of hydrogen-bond acceptors (Lipinski definition) is 4. The molecule has 5 nitrogen and oxygen atoms in total. The SMILES string of the molecule is CCCCCCCCCCCCCCCCCCCCCCC(OS(=O)(=O)[O-])C(C)(C)C.[NH4+]. The van der Waals surface area contributed by atoms with Gasteiger partial charge in [0.1, 0.15) is 0 Å². The van der Waals surface area contributed by atoms with E-state index in [2.05, 4.69) is 6.92 Å². The van der Waals surface area contributed by atoms with Crippen LogP contribution in [0.4, 0.5) is 0 Å². The lowest BCUT2D eigenvalue weighted by molar-refractivity contribution is 0.0686. The van der Waals surface area contributed by atoms with E-state index in [0.717, 1.165) is 12.8 Å². The highest BCUT2D eigenvalue weighted by atomic mass is 32.3. The minimum atomic E-state index is -4.63. The summed E-state index contributed by atoms with van der Waals surface area (Å²) in [6, 6.07) is 0. The standard InChI is InChI=1S/C27H56O4S.H3N/c1-5-6-7-8-9-10-11-12-13-14-15-16-17-18-19-20-21-22-23-24-25-26(27(2,3)4)31-32(28,29)30;/h26H,5-25H2,1-4H3,(H,28,29,30);1H3. The molecule has 0 fully saturated rings. The van der Waals surface area contributed by atoms with E-state index in [0.29, 0.717) is 6.42 Å². The highest BCUT2D eigenvalue weighted by Crippen LogP contribution is 2.28. The Morgan fingerprint density at radius 3 is 1.12 bits per heavy atom. The number of rotatable bonds is 23. The van der Waals surface area contributed by atoms with Crippen molar-refractivity contribution in [3.63, 3.8) is 0 Å². The molecule has 202 valence electrons. The van der Waals surface area contributed by atoms with Crippen LogP contribution in [0.2, 0.25) is 0 Å². The van der Waals surface area contributed by atoms with Crippen molar-refractivity contribution >= 4 is 10.4 Å². The first-order valence-electron chi connectivity index (χ1n) is 13.8. The highest BCUT2D eigenvalue weighted by Gasteiger charge is 2.27. The molecule has 0 saturated heterocycles. The lowest BCUT2D eigenvalue weighted by Crippen LogP contribution is -2.31. The molecule has 0 aromatic heterocycles. The van der Waals surface area contributed by atoms with Crippen molar-refractivity contribution in [2.24, 2.45) is 5.41 Å². The third kappa shape index (κ3) is 26.3. The van der Waals surface area contributed by atoms with Crippen LogP contribution in [0.15, 0.2) is 0 Å². The first kappa shape index (κ1) is 35.0. The zero-order chi connectivity index (χ0) is 24.1. The van der Waals surface area contributed by atoms with Gasteiger partial charge in [0.25, 0.3) is 0 Å². The van der Waals surface area contributed by atoms with Crippen LogP contribution in [0.25, 0.3) is 0 Å². The van der Waals surface area contributed by atoms with Crippen LogP contribution in [-0.4, -0.2) is 19.1 Å². The molecule has 1 atom stereocenters. The summed E-state index contributed by atoms with van der Waals surface area (Å²) in [4.78, 5) is 0. The normalized spacial score (nSPS) is 13.1. The number of quaternary nitrogens is 1. The minimum Gasteiger partial charge on any atom is -0.726 e. The van der Waals surface area contributed by atoms with Gasteiger partial charge in [-0.3, -0.25) is 4.18 Å². The summed E-state index contributed by atoms with van der Waals surface area (Å²) in [6.07, 6.45) is 26.9. The Labute approximate surface area is 207 Å². The summed E-state index contributed by atoms with van der Waals surface area (Å²) in [6.45, 7) is 8.03. The highest BCUT2D eigenvalue weighted by molar-refractivity contribution is 7.80. The molecule has 1 unspecified atom stereocenters. The molecule has 0 rings (SSSR count). The summed E-state index contributed by atoms with van der Waals surface area (Å²) < 4.78 is 37.5. The maximum Gasteiger partial charge on any atom is 0.217 e. The van der Waals surface area contributed by atoms with Gasteiger partial charge in [-0.1, -0.05) is 156 Å². The molecule has 0 radical (unpaired) electrons. The van der Waals surface area contributed by atoms with Crippen molar-refractivity contribution in [3.8, 4) is 0 Å². The monoisotopic (exact) mass is 493 g/mol. The van der Waals surface area contributed by atoms with Crippen LogP contribution in [0.3, 0.4) is 0 Å². The van der Waals surface area contributed by atoms with E-state index in [1.807, 2.05) is 20.8 Å². The molecule has 0 aliphatic carbocycles. The van der Waals surface area contributed by atoms with E-state index >= 15 is 0 Å². The van der Waals surface area contributed by atoms with Crippen molar-refractivity contribution in [3.05, 3.63) is 0 Å². The number of unbranched alkanes of at least 4 members (excludes halogenated alkanes) is 19. The summed E-state index contributed by atoms with van der Waals surface area (Å²) in [5.74, 6) is 0. The minimum absolute atomic E-state index is 0. The summed E-state index contributed by atoms with van der Waals surface area (Å²) in [5.41, 5.74) is -0.342. The maximum atomic E-state index is 10.9. The molecule has 0 aliphatic heterocycles. The van der Waals surface area contributed by atoms with Gasteiger partial charge in [-0.2, -0.15) is 0 Å². The van der Waals surface area contributed by atoms with E-state index in [1.165, 1.54) is 116 Å². The lowest BCUT2D eigenvalue weighted by atomic mass is 9.86. The van der Waals surface area contributed by atoms with E-state index in [4.69, 9.17) is 4.18 Å². The Hall–Kier alpha value is -0.170. The van der Waals surface area contributed by atoms with Crippen molar-refractivity contribution in [2.45, 2.75) is 169 Å². The first-order valence-corrected chi connectivity index (χ1v) is 15.1. The molecule has 4 N–H and O–H groups in total. The fraction of sp³-hybridized carbons (Fsp3) is 1.00. The van der Waals surface area contributed by atoms with Gasteiger partial charge < -0.3 is 10.7 Å². The number of hydrogen-bond donors (Lipinski definition) is 1. The third-order valence-electron chi connectivity index (χ3n) is 6.52. The van der Waals surface area contributed by atoms with Crippen LogP contribution in [0.1, 0.15) is 163 Å². The van der Waals surface area contributed by atoms with Gasteiger partial charge in [0, 0.05) is 0 Å². The predicted molar refractivity (Wildman–Crippen MR) is 143 cm³/mol. The lowest BCUT2D eigenvalue weighted by Gasteiger charge is -2.31. The Balaban J connectivity index is 0. The third-order valence-corrected chi connectivity index (χ3v) is 6.99. The van der Waals surface area contributed by atoms with Gasteiger partial charge in [-0.25, -0.2) is 8.42 Å². The summed E-state index contributed by atoms with van der Waals surface area (Å²) in [7, 11) is -4.63. The molecule has 6 heteroatoms. The zero-order valence-corrected chi connectivity index (χ0v) is 23.8. The molecular weight excluding hydrogens is 434 g/mol. The van der Waals surface area contributed by atoms with Gasteiger partial charge in [-0.05, 0) is 11.8 Å². The average molecular weight is 494 g/mol. The van der Waals surface area contributed by atoms with Crippen LogP contribution >= 0.6 is 0 Å². The fourth-order valence-electron chi connectivity index (χ4n) is 4.35. The molecule has 0 heterocycles. The zero-order valence-electron chi connectivity index (χ0n) is 23.0. The average Bonchev–Trinajstić information content (AvgIpc) is 2.70. The Bertz CT molecular complexity index is 503. The smallest absolute Gasteiger partial charge is 0.217 e. The first-order chi connectivity index (χ1) is 15.2. The Morgan fingerprint density at radius 1 is 0.606 bits per heavy atom. The van der Waals surface area contributed by atoms with Crippen LogP contribution in [-0.2, 0) is 14.6 Å². The molecule has 33 heavy (non-hydrogen) atoms. The van der Waals surface area contributed by atoms with E-state index in [9.17, 15) is 13.0 Å². The largest absolute Gasteiger partial charge is 0.726 e. The van der Waals surface area contributed by atoms with E-state index in [1.54, 1.807) is 0 Å². The van der Waals surface area contributed by atoms with Gasteiger partial charge in [0.2, 0.25) is 10.4 Å². The van der Waals surface area contributed by atoms with Crippen molar-refractivity contribution in [1.29, 1.82) is 0 Å². The molecule has 0 aliphatic rings. The quantitative estimate of drug-likeness (QED) is 0.0869. The Kier molecular flexibility index (Phi) is 23.7. The van der Waals surface area contributed by atoms with Gasteiger partial charge >= 0.3 is 0 Å². The van der Waals surface area contributed by atoms with Crippen LogP contribution < -0.4 is 6.15 Å². The maximum absolute atomic E-state index is 10.9. The predicted octanol–water partition coefficient (Wildman–Crippen LogP) is 9.47. The second-order valence-electron chi connectivity index (χ2n) is 10.9. The van der Waals surface area contributed by atoms with Crippen molar-refractivity contribution < 1.29 is 17.2 Å². The molecule has 0 saturated carbocycles. The second-order valence-corrected chi connectivity index (χ2v) is 11.9. The molecule has 0 aromatic carbocycles.